The van der Waals surface area contributed by atoms with Crippen molar-refractivity contribution in [3.05, 3.63) is 65.3 Å². The molecule has 10 nitrogen and oxygen atoms in total. The highest BCUT2D eigenvalue weighted by Gasteiger charge is 2.49. The van der Waals surface area contributed by atoms with Gasteiger partial charge in [-0.2, -0.15) is 5.10 Å². The molecule has 0 saturated carbocycles. The van der Waals surface area contributed by atoms with Crippen molar-refractivity contribution in [2.24, 2.45) is 0 Å². The average molecular weight is 513 g/mol. The molecule has 36 heavy (non-hydrogen) atoms. The summed E-state index contributed by atoms with van der Waals surface area (Å²) in [5.74, 6) is -0.350. The number of carbonyl (C=O) groups excluding carboxylic acids is 3. The second-order valence-electron chi connectivity index (χ2n) is 8.65. The summed E-state index contributed by atoms with van der Waals surface area (Å²) in [7, 11) is 4.02. The summed E-state index contributed by atoms with van der Waals surface area (Å²) in [5, 5.41) is 7.57. The molecule has 3 aromatic rings. The summed E-state index contributed by atoms with van der Waals surface area (Å²) in [5.41, 5.74) is 2.01. The van der Waals surface area contributed by atoms with Crippen molar-refractivity contribution in [1.29, 1.82) is 0 Å². The molecule has 0 bridgehead atoms. The van der Waals surface area contributed by atoms with Gasteiger partial charge in [-0.1, -0.05) is 29.8 Å². The maximum absolute atomic E-state index is 13.5. The van der Waals surface area contributed by atoms with Crippen LogP contribution in [0.25, 0.3) is 16.9 Å². The second-order valence-corrected chi connectivity index (χ2v) is 9.09. The van der Waals surface area contributed by atoms with E-state index >= 15 is 0 Å². The number of hydrogen-bond donors (Lipinski definition) is 1. The number of halogens is 1. The molecule has 1 N–H and O–H groups in total. The molecule has 11 heteroatoms. The fourth-order valence-corrected chi connectivity index (χ4v) is 4.11. The Morgan fingerprint density at radius 2 is 2.03 bits per heavy atom. The summed E-state index contributed by atoms with van der Waals surface area (Å²) in [6.45, 7) is 1.12. The highest BCUT2D eigenvalue weighted by atomic mass is 35.5. The number of benzene rings is 2. The lowest BCUT2D eigenvalue weighted by Gasteiger charge is -2.22. The Morgan fingerprint density at radius 3 is 2.72 bits per heavy atom. The Bertz CT molecular complexity index is 1280. The van der Waals surface area contributed by atoms with Crippen molar-refractivity contribution < 1.29 is 28.6 Å². The van der Waals surface area contributed by atoms with Crippen LogP contribution in [0.4, 0.5) is 0 Å². The number of rotatable bonds is 10. The van der Waals surface area contributed by atoms with Crippen LogP contribution >= 0.6 is 11.6 Å². The van der Waals surface area contributed by atoms with Crippen LogP contribution in [0.5, 0.6) is 5.75 Å². The van der Waals surface area contributed by atoms with Gasteiger partial charge in [0.15, 0.2) is 5.69 Å². The van der Waals surface area contributed by atoms with E-state index in [0.29, 0.717) is 28.8 Å². The zero-order chi connectivity index (χ0) is 25.7. The molecule has 2 heterocycles. The summed E-state index contributed by atoms with van der Waals surface area (Å²) < 4.78 is 6.67. The first-order chi connectivity index (χ1) is 17.3. The van der Waals surface area contributed by atoms with Crippen LogP contribution in [0.3, 0.4) is 0 Å². The van der Waals surface area contributed by atoms with Crippen molar-refractivity contribution in [1.82, 2.24) is 20.0 Å². The highest BCUT2D eigenvalue weighted by molar-refractivity contribution is 6.30. The predicted octanol–water partition coefficient (Wildman–Crippen LogP) is 2.66. The molecule has 1 saturated heterocycles. The zero-order valence-electron chi connectivity index (χ0n) is 20.0. The van der Waals surface area contributed by atoms with E-state index in [9.17, 15) is 14.4 Å². The minimum atomic E-state index is -0.844. The number of aromatic nitrogens is 2. The van der Waals surface area contributed by atoms with Crippen molar-refractivity contribution in [2.75, 3.05) is 40.5 Å². The number of carbonyl (C=O) groups is 3. The standard InChI is InChI=1S/C25H26ClN5O5/c1-29(2)10-5-11-35-21-9-3-6-18(12-21)23-14-22(28-30(23)20-8-4-7-19(26)13-20)25(34)31(36-17-32)15-24(33)27-16-31/h3-4,6-9,12-14,17H,5,10-11,15-16H2,1-2H3/p+1. The number of hydroxylamine groups is 3. The van der Waals surface area contributed by atoms with Crippen LogP contribution in [0.1, 0.15) is 16.9 Å². The fraction of sp³-hybridized carbons (Fsp3) is 0.280. The third-order valence-corrected chi connectivity index (χ3v) is 5.91. The van der Waals surface area contributed by atoms with Crippen molar-refractivity contribution >= 4 is 29.9 Å². The molecule has 1 aliphatic heterocycles. The van der Waals surface area contributed by atoms with Crippen molar-refractivity contribution in [3.8, 4) is 22.7 Å². The van der Waals surface area contributed by atoms with Crippen LogP contribution in [-0.2, 0) is 14.4 Å². The van der Waals surface area contributed by atoms with E-state index in [1.54, 1.807) is 28.9 Å². The van der Waals surface area contributed by atoms with E-state index in [2.05, 4.69) is 15.3 Å². The van der Waals surface area contributed by atoms with E-state index in [1.807, 2.05) is 44.4 Å². The lowest BCUT2D eigenvalue weighted by Crippen LogP contribution is -2.51. The van der Waals surface area contributed by atoms with Crippen LogP contribution in [0, 0.1) is 0 Å². The first-order valence-electron chi connectivity index (χ1n) is 11.4. The molecule has 1 atom stereocenters. The van der Waals surface area contributed by atoms with Gasteiger partial charge in [-0.3, -0.25) is 9.63 Å². The Morgan fingerprint density at radius 1 is 1.22 bits per heavy atom. The molecule has 2 amide bonds. The van der Waals surface area contributed by atoms with Gasteiger partial charge >= 0.3 is 12.4 Å². The Labute approximate surface area is 213 Å². The SMILES string of the molecule is CN(C)CCCOc1cccc(-c2cc(C(=O)[N+]3(OC=O)CNC(=O)C3)nn2-c2cccc(Cl)c2)c1. The third kappa shape index (κ3) is 5.56. The Hall–Kier alpha value is -3.73. The van der Waals surface area contributed by atoms with Crippen LogP contribution in [-0.4, -0.2) is 78.1 Å². The van der Waals surface area contributed by atoms with Gasteiger partial charge in [-0.25, -0.2) is 14.3 Å². The van der Waals surface area contributed by atoms with Crippen LogP contribution in [0.2, 0.25) is 5.02 Å². The van der Waals surface area contributed by atoms with Gasteiger partial charge in [0.25, 0.3) is 5.91 Å². The molecule has 2 aromatic carbocycles. The smallest absolute Gasteiger partial charge is 0.409 e. The third-order valence-electron chi connectivity index (χ3n) is 5.68. The molecule has 0 radical (unpaired) electrons. The Balaban J connectivity index is 1.72. The van der Waals surface area contributed by atoms with E-state index < -0.39 is 16.5 Å². The molecular weight excluding hydrogens is 486 g/mol. The fourth-order valence-electron chi connectivity index (χ4n) is 3.93. The van der Waals surface area contributed by atoms with Gasteiger partial charge in [-0.05, 0) is 55.5 Å². The molecule has 1 fully saturated rings. The summed E-state index contributed by atoms with van der Waals surface area (Å²) in [6.07, 6.45) is 0.875. The molecule has 1 aliphatic rings. The molecule has 1 aromatic heterocycles. The van der Waals surface area contributed by atoms with Gasteiger partial charge in [0.05, 0.1) is 18.0 Å². The van der Waals surface area contributed by atoms with Gasteiger partial charge in [-0.15, -0.1) is 0 Å². The van der Waals surface area contributed by atoms with E-state index in [-0.39, 0.29) is 25.4 Å². The minimum absolute atomic E-state index is 0.0284. The summed E-state index contributed by atoms with van der Waals surface area (Å²) in [4.78, 5) is 43.7. The second kappa shape index (κ2) is 10.9. The highest BCUT2D eigenvalue weighted by Crippen LogP contribution is 2.29. The molecule has 4 rings (SSSR count). The van der Waals surface area contributed by atoms with Gasteiger partial charge < -0.3 is 15.0 Å². The Kier molecular flexibility index (Phi) is 7.68. The minimum Gasteiger partial charge on any atom is -0.494 e. The zero-order valence-corrected chi connectivity index (χ0v) is 20.8. The van der Waals surface area contributed by atoms with Crippen molar-refractivity contribution in [3.63, 3.8) is 0 Å². The average Bonchev–Trinajstić information content (AvgIpc) is 3.46. The quantitative estimate of drug-likeness (QED) is 0.253. The number of nitrogens with one attached hydrogen (secondary N) is 1. The number of ether oxygens (including phenoxy) is 1. The monoisotopic (exact) mass is 512 g/mol. The lowest BCUT2D eigenvalue weighted by atomic mass is 10.1. The molecular formula is C25H27ClN5O5+. The van der Waals surface area contributed by atoms with Crippen LogP contribution in [0.15, 0.2) is 54.6 Å². The molecule has 188 valence electrons. The number of nitrogens with zero attached hydrogens (tertiary/aromatic N) is 4. The lowest BCUT2D eigenvalue weighted by molar-refractivity contribution is -1.01. The van der Waals surface area contributed by atoms with Crippen LogP contribution < -0.4 is 10.1 Å². The molecule has 0 aliphatic carbocycles. The van der Waals surface area contributed by atoms with E-state index in [1.165, 1.54) is 0 Å². The first-order valence-corrected chi connectivity index (χ1v) is 11.7. The maximum atomic E-state index is 13.5. The normalized spacial score (nSPS) is 17.2. The summed E-state index contributed by atoms with van der Waals surface area (Å²) in [6, 6.07) is 16.1. The van der Waals surface area contributed by atoms with E-state index in [0.717, 1.165) is 18.5 Å². The number of quaternary nitrogens is 1. The number of amides is 2. The van der Waals surface area contributed by atoms with Gasteiger partial charge in [0.2, 0.25) is 13.2 Å². The largest absolute Gasteiger partial charge is 0.494 e. The van der Waals surface area contributed by atoms with Crippen molar-refractivity contribution in [2.45, 2.75) is 6.42 Å². The molecule has 1 unspecified atom stereocenters. The summed E-state index contributed by atoms with van der Waals surface area (Å²) >= 11 is 6.22. The maximum Gasteiger partial charge on any atom is 0.409 e. The van der Waals surface area contributed by atoms with Gasteiger partial charge in [0, 0.05) is 23.2 Å². The predicted molar refractivity (Wildman–Crippen MR) is 132 cm³/mol. The topological polar surface area (TPSA) is 103 Å². The molecule has 0 spiro atoms. The van der Waals surface area contributed by atoms with E-state index in [4.69, 9.17) is 21.2 Å². The number of hydrogen-bond acceptors (Lipinski definition) is 7. The first kappa shape index (κ1) is 25.4. The van der Waals surface area contributed by atoms with Gasteiger partial charge in [0.1, 0.15) is 5.75 Å².